The molecule has 28 heavy (non-hydrogen) atoms. The molecule has 0 fully saturated rings. The van der Waals surface area contributed by atoms with E-state index in [2.05, 4.69) is 5.32 Å². The van der Waals surface area contributed by atoms with E-state index < -0.39 is 10.0 Å². The highest BCUT2D eigenvalue weighted by Gasteiger charge is 2.19. The minimum Gasteiger partial charge on any atom is -0.489 e. The predicted molar refractivity (Wildman–Crippen MR) is 107 cm³/mol. The Morgan fingerprint density at radius 2 is 1.93 bits per heavy atom. The molecule has 9 heteroatoms. The normalized spacial score (nSPS) is 13.9. The maximum absolute atomic E-state index is 12.4. The lowest BCUT2D eigenvalue weighted by molar-refractivity contribution is -0.115. The zero-order chi connectivity index (χ0) is 20.3. The molecule has 150 valence electrons. The van der Waals surface area contributed by atoms with Crippen LogP contribution in [0.25, 0.3) is 0 Å². The van der Waals surface area contributed by atoms with Gasteiger partial charge in [-0.1, -0.05) is 17.7 Å². The van der Waals surface area contributed by atoms with Gasteiger partial charge in [0.25, 0.3) is 0 Å². The number of carbonyl (C=O) groups excluding carboxylic acids is 1. The molecule has 0 spiro atoms. The van der Waals surface area contributed by atoms with E-state index in [0.29, 0.717) is 41.0 Å². The van der Waals surface area contributed by atoms with Crippen molar-refractivity contribution in [3.63, 3.8) is 0 Å². The highest BCUT2D eigenvalue weighted by molar-refractivity contribution is 7.89. The molecule has 7 nitrogen and oxygen atoms in total. The summed E-state index contributed by atoms with van der Waals surface area (Å²) in [6, 6.07) is 9.52. The summed E-state index contributed by atoms with van der Waals surface area (Å²) in [5.74, 6) is 0.710. The van der Waals surface area contributed by atoms with Gasteiger partial charge in [-0.05, 0) is 35.9 Å². The molecule has 0 aromatic heterocycles. The van der Waals surface area contributed by atoms with Crippen LogP contribution in [-0.2, 0) is 21.2 Å². The van der Waals surface area contributed by atoms with Crippen LogP contribution in [0.5, 0.6) is 11.5 Å². The Morgan fingerprint density at radius 3 is 2.68 bits per heavy atom. The van der Waals surface area contributed by atoms with Crippen LogP contribution in [0, 0.1) is 0 Å². The Morgan fingerprint density at radius 1 is 1.18 bits per heavy atom. The number of benzene rings is 2. The van der Waals surface area contributed by atoms with Crippen molar-refractivity contribution in [2.75, 3.05) is 32.6 Å². The number of hydrogen-bond acceptors (Lipinski definition) is 5. The highest BCUT2D eigenvalue weighted by Crippen LogP contribution is 2.38. The molecule has 0 radical (unpaired) electrons. The molecule has 1 aliphatic heterocycles. The van der Waals surface area contributed by atoms with Crippen LogP contribution in [0.4, 0.5) is 5.69 Å². The minimum absolute atomic E-state index is 0.0566. The van der Waals surface area contributed by atoms with Crippen molar-refractivity contribution in [2.24, 2.45) is 0 Å². The van der Waals surface area contributed by atoms with Crippen LogP contribution in [-0.4, -0.2) is 45.9 Å². The zero-order valence-electron chi connectivity index (χ0n) is 15.6. The first-order valence-electron chi connectivity index (χ1n) is 8.68. The molecule has 1 heterocycles. The van der Waals surface area contributed by atoms with Gasteiger partial charge in [0.05, 0.1) is 29.6 Å². The van der Waals surface area contributed by atoms with E-state index in [0.717, 1.165) is 10.7 Å². The standard InChI is InChI=1S/C19H21ClN2O5S/c1-22(2)28(24,25)15-6-3-5-14(12-15)21-18(23)11-13-9-16(20)19-17(10-13)26-7-4-8-27-19/h3,5-6,9-10,12H,4,7-8,11H2,1-2H3,(H,21,23). The van der Waals surface area contributed by atoms with Gasteiger partial charge >= 0.3 is 0 Å². The molecule has 1 aliphatic rings. The Kier molecular flexibility index (Phi) is 6.12. The fourth-order valence-corrected chi connectivity index (χ4v) is 3.96. The van der Waals surface area contributed by atoms with E-state index in [1.165, 1.54) is 26.2 Å². The molecule has 0 atom stereocenters. The maximum Gasteiger partial charge on any atom is 0.242 e. The molecular weight excluding hydrogens is 404 g/mol. The second-order valence-electron chi connectivity index (χ2n) is 6.50. The van der Waals surface area contributed by atoms with Gasteiger partial charge in [-0.2, -0.15) is 0 Å². The van der Waals surface area contributed by atoms with Crippen molar-refractivity contribution >= 4 is 33.2 Å². The van der Waals surface area contributed by atoms with E-state index >= 15 is 0 Å². The van der Waals surface area contributed by atoms with Crippen molar-refractivity contribution < 1.29 is 22.7 Å². The van der Waals surface area contributed by atoms with Gasteiger partial charge in [0, 0.05) is 26.2 Å². The third kappa shape index (κ3) is 4.57. The fraction of sp³-hybridized carbons (Fsp3) is 0.316. The van der Waals surface area contributed by atoms with E-state index in [-0.39, 0.29) is 17.2 Å². The fourth-order valence-electron chi connectivity index (χ4n) is 2.72. The summed E-state index contributed by atoms with van der Waals surface area (Å²) in [6.07, 6.45) is 0.814. The van der Waals surface area contributed by atoms with Gasteiger partial charge in [-0.25, -0.2) is 12.7 Å². The summed E-state index contributed by atoms with van der Waals surface area (Å²) in [5, 5.41) is 3.11. The SMILES string of the molecule is CN(C)S(=O)(=O)c1cccc(NC(=O)Cc2cc(Cl)c3c(c2)OCCCO3)c1. The minimum atomic E-state index is -3.58. The Balaban J connectivity index is 1.75. The van der Waals surface area contributed by atoms with Crippen LogP contribution >= 0.6 is 11.6 Å². The highest BCUT2D eigenvalue weighted by atomic mass is 35.5. The Hall–Kier alpha value is -2.29. The molecule has 2 aromatic carbocycles. The second-order valence-corrected chi connectivity index (χ2v) is 9.05. The summed E-state index contributed by atoms with van der Waals surface area (Å²) < 4.78 is 36.8. The maximum atomic E-state index is 12.4. The molecule has 0 saturated carbocycles. The van der Waals surface area contributed by atoms with Crippen LogP contribution in [0.3, 0.4) is 0 Å². The first-order valence-corrected chi connectivity index (χ1v) is 10.5. The number of anilines is 1. The third-order valence-electron chi connectivity index (χ3n) is 4.12. The quantitative estimate of drug-likeness (QED) is 0.797. The molecule has 0 unspecified atom stereocenters. The average molecular weight is 425 g/mol. The van der Waals surface area contributed by atoms with Crippen LogP contribution in [0.1, 0.15) is 12.0 Å². The van der Waals surface area contributed by atoms with Crippen LogP contribution in [0.2, 0.25) is 5.02 Å². The number of hydrogen-bond donors (Lipinski definition) is 1. The zero-order valence-corrected chi connectivity index (χ0v) is 17.1. The number of nitrogens with one attached hydrogen (secondary N) is 1. The van der Waals surface area contributed by atoms with Crippen LogP contribution < -0.4 is 14.8 Å². The van der Waals surface area contributed by atoms with Gasteiger partial charge in [0.15, 0.2) is 11.5 Å². The van der Waals surface area contributed by atoms with Gasteiger partial charge in [-0.15, -0.1) is 0 Å². The predicted octanol–water partition coefficient (Wildman–Crippen LogP) is 2.93. The van der Waals surface area contributed by atoms with Gasteiger partial charge in [0.2, 0.25) is 15.9 Å². The van der Waals surface area contributed by atoms with Gasteiger partial charge < -0.3 is 14.8 Å². The van der Waals surface area contributed by atoms with Crippen molar-refractivity contribution in [1.82, 2.24) is 4.31 Å². The average Bonchev–Trinajstić information content (AvgIpc) is 2.87. The number of halogens is 1. The molecule has 0 bridgehead atoms. The largest absolute Gasteiger partial charge is 0.489 e. The Labute approximate surface area is 169 Å². The number of nitrogens with zero attached hydrogens (tertiary/aromatic N) is 1. The van der Waals surface area contributed by atoms with Crippen molar-refractivity contribution in [3.8, 4) is 11.5 Å². The number of sulfonamides is 1. The lowest BCUT2D eigenvalue weighted by atomic mass is 10.1. The molecule has 1 amide bonds. The van der Waals surface area contributed by atoms with E-state index in [9.17, 15) is 13.2 Å². The summed E-state index contributed by atoms with van der Waals surface area (Å²) in [6.45, 7) is 1.05. The lowest BCUT2D eigenvalue weighted by Gasteiger charge is -2.13. The summed E-state index contributed by atoms with van der Waals surface area (Å²) in [4.78, 5) is 12.5. The second kappa shape index (κ2) is 8.38. The topological polar surface area (TPSA) is 84.9 Å². The number of amides is 1. The lowest BCUT2D eigenvalue weighted by Crippen LogP contribution is -2.22. The van der Waals surface area contributed by atoms with Crippen molar-refractivity contribution in [3.05, 3.63) is 47.0 Å². The Bertz CT molecular complexity index is 992. The molecule has 1 N–H and O–H groups in total. The smallest absolute Gasteiger partial charge is 0.242 e. The van der Waals surface area contributed by atoms with Gasteiger partial charge in [0.1, 0.15) is 0 Å². The first kappa shape index (κ1) is 20.4. The van der Waals surface area contributed by atoms with Crippen molar-refractivity contribution in [1.29, 1.82) is 0 Å². The summed E-state index contributed by atoms with van der Waals surface area (Å²) in [5.41, 5.74) is 1.07. The molecular formula is C19H21ClN2O5S. The monoisotopic (exact) mass is 424 g/mol. The number of ether oxygens (including phenoxy) is 2. The van der Waals surface area contributed by atoms with Gasteiger partial charge in [-0.3, -0.25) is 4.79 Å². The molecule has 3 rings (SSSR count). The number of carbonyl (C=O) groups is 1. The van der Waals surface area contributed by atoms with Crippen molar-refractivity contribution in [2.45, 2.75) is 17.7 Å². The van der Waals surface area contributed by atoms with Crippen LogP contribution in [0.15, 0.2) is 41.3 Å². The van der Waals surface area contributed by atoms with E-state index in [1.54, 1.807) is 24.3 Å². The molecule has 0 saturated heterocycles. The molecule has 2 aromatic rings. The summed E-state index contributed by atoms with van der Waals surface area (Å²) >= 11 is 6.26. The number of fused-ring (bicyclic) bond motifs is 1. The van der Waals surface area contributed by atoms with E-state index in [1.807, 2.05) is 0 Å². The van der Waals surface area contributed by atoms with E-state index in [4.69, 9.17) is 21.1 Å². The summed E-state index contributed by atoms with van der Waals surface area (Å²) in [7, 11) is -0.674. The molecule has 0 aliphatic carbocycles. The number of rotatable bonds is 5. The third-order valence-corrected chi connectivity index (χ3v) is 6.21. The first-order chi connectivity index (χ1) is 13.3.